The number of nitrogens with two attached hydrogens (primary N) is 1. The summed E-state index contributed by atoms with van der Waals surface area (Å²) >= 11 is 1.60. The average Bonchev–Trinajstić information content (AvgIpc) is 3.39. The first-order valence-electron chi connectivity index (χ1n) is 9.13. The number of rotatable bonds is 3. The molecule has 5 heterocycles. The van der Waals surface area contributed by atoms with Crippen LogP contribution in [0, 0.1) is 0 Å². The number of likely N-dealkylation sites (N-methyl/N-ethyl adjacent to an activating group) is 1. The number of fused-ring (bicyclic) bond motifs is 1. The van der Waals surface area contributed by atoms with Crippen LogP contribution < -0.4 is 10.6 Å². The van der Waals surface area contributed by atoms with E-state index in [-0.39, 0.29) is 0 Å². The second kappa shape index (κ2) is 6.84. The van der Waals surface area contributed by atoms with Crippen molar-refractivity contribution < 1.29 is 0 Å². The van der Waals surface area contributed by atoms with Gasteiger partial charge in [0.05, 0.1) is 18.1 Å². The Hall–Kier alpha value is -3.04. The molecule has 1 saturated heterocycles. The fourth-order valence-electron chi connectivity index (χ4n) is 3.41. The van der Waals surface area contributed by atoms with E-state index in [0.717, 1.165) is 48.8 Å². The standard InChI is InChI=1S/C19H20N8S/c1-25-5-7-26(8-6-25)16-3-2-14(10-21-16)27-17-15(11-22-27)23-19(24-18(17)20)13-4-9-28-12-13/h2-4,9-12H,5-8H2,1H3,(H2,20,23,24). The number of hydrogen-bond donors (Lipinski definition) is 1. The highest BCUT2D eigenvalue weighted by molar-refractivity contribution is 7.08. The summed E-state index contributed by atoms with van der Waals surface area (Å²) < 4.78 is 1.75. The maximum Gasteiger partial charge on any atom is 0.163 e. The molecule has 0 atom stereocenters. The molecular formula is C19H20N8S. The highest BCUT2D eigenvalue weighted by Crippen LogP contribution is 2.26. The van der Waals surface area contributed by atoms with Crippen LogP contribution >= 0.6 is 11.3 Å². The lowest BCUT2D eigenvalue weighted by Gasteiger charge is -2.33. The van der Waals surface area contributed by atoms with Crippen molar-refractivity contribution in [3.8, 4) is 17.1 Å². The molecule has 1 aliphatic rings. The van der Waals surface area contributed by atoms with Crippen molar-refractivity contribution in [2.24, 2.45) is 0 Å². The smallest absolute Gasteiger partial charge is 0.163 e. The van der Waals surface area contributed by atoms with Crippen molar-refractivity contribution in [3.05, 3.63) is 41.4 Å². The molecule has 0 spiro atoms. The summed E-state index contributed by atoms with van der Waals surface area (Å²) in [5.41, 5.74) is 9.49. The minimum absolute atomic E-state index is 0.409. The van der Waals surface area contributed by atoms with Crippen LogP contribution in [-0.4, -0.2) is 62.9 Å². The van der Waals surface area contributed by atoms with Crippen LogP contribution in [0.4, 0.5) is 11.6 Å². The van der Waals surface area contributed by atoms with E-state index >= 15 is 0 Å². The van der Waals surface area contributed by atoms with Crippen LogP contribution in [0.5, 0.6) is 0 Å². The van der Waals surface area contributed by atoms with Crippen LogP contribution in [0.1, 0.15) is 0 Å². The van der Waals surface area contributed by atoms with Crippen molar-refractivity contribution in [1.82, 2.24) is 29.6 Å². The number of nitrogens with zero attached hydrogens (tertiary/aromatic N) is 7. The molecule has 1 aliphatic heterocycles. The first-order chi connectivity index (χ1) is 13.7. The van der Waals surface area contributed by atoms with Crippen molar-refractivity contribution >= 4 is 34.0 Å². The van der Waals surface area contributed by atoms with Gasteiger partial charge in [0.15, 0.2) is 11.6 Å². The Morgan fingerprint density at radius 3 is 2.61 bits per heavy atom. The largest absolute Gasteiger partial charge is 0.382 e. The predicted molar refractivity (Wildman–Crippen MR) is 112 cm³/mol. The molecule has 0 saturated carbocycles. The fraction of sp³-hybridized carbons (Fsp3) is 0.263. The van der Waals surface area contributed by atoms with Gasteiger partial charge in [-0.05, 0) is 30.6 Å². The van der Waals surface area contributed by atoms with Crippen molar-refractivity contribution in [2.45, 2.75) is 0 Å². The summed E-state index contributed by atoms with van der Waals surface area (Å²) in [5.74, 6) is 2.01. The lowest BCUT2D eigenvalue weighted by Crippen LogP contribution is -2.44. The third kappa shape index (κ3) is 2.98. The van der Waals surface area contributed by atoms with Crippen LogP contribution in [-0.2, 0) is 0 Å². The average molecular weight is 392 g/mol. The van der Waals surface area contributed by atoms with E-state index in [1.54, 1.807) is 22.2 Å². The number of piperazine rings is 1. The normalized spacial score (nSPS) is 15.4. The quantitative estimate of drug-likeness (QED) is 0.572. The number of anilines is 2. The monoisotopic (exact) mass is 392 g/mol. The molecule has 9 heteroatoms. The number of pyridine rings is 1. The van der Waals surface area contributed by atoms with Gasteiger partial charge in [0.25, 0.3) is 0 Å². The molecule has 4 aromatic rings. The zero-order valence-corrected chi connectivity index (χ0v) is 16.3. The summed E-state index contributed by atoms with van der Waals surface area (Å²) in [6.45, 7) is 4.07. The SMILES string of the molecule is CN1CCN(c2ccc(-n3ncc4nc(-c5ccsc5)nc(N)c43)cn2)CC1. The van der Waals surface area contributed by atoms with Gasteiger partial charge in [0.1, 0.15) is 16.9 Å². The van der Waals surface area contributed by atoms with Crippen LogP contribution in [0.15, 0.2) is 41.4 Å². The Bertz CT molecular complexity index is 1100. The van der Waals surface area contributed by atoms with Gasteiger partial charge in [-0.25, -0.2) is 19.6 Å². The molecule has 28 heavy (non-hydrogen) atoms. The number of hydrogen-bond acceptors (Lipinski definition) is 8. The van der Waals surface area contributed by atoms with Crippen molar-refractivity contribution in [1.29, 1.82) is 0 Å². The van der Waals surface area contributed by atoms with Gasteiger partial charge in [-0.3, -0.25) is 0 Å². The summed E-state index contributed by atoms with van der Waals surface area (Å²) in [5, 5.41) is 8.48. The molecule has 0 aliphatic carbocycles. The van der Waals surface area contributed by atoms with Crippen LogP contribution in [0.3, 0.4) is 0 Å². The minimum atomic E-state index is 0.409. The van der Waals surface area contributed by atoms with Gasteiger partial charge in [0, 0.05) is 37.1 Å². The summed E-state index contributed by atoms with van der Waals surface area (Å²) in [4.78, 5) is 18.4. The summed E-state index contributed by atoms with van der Waals surface area (Å²) in [6, 6.07) is 6.03. The third-order valence-electron chi connectivity index (χ3n) is 5.03. The minimum Gasteiger partial charge on any atom is -0.382 e. The Morgan fingerprint density at radius 2 is 1.89 bits per heavy atom. The fourth-order valence-corrected chi connectivity index (χ4v) is 4.04. The molecule has 2 N–H and O–H groups in total. The van der Waals surface area contributed by atoms with Crippen LogP contribution in [0.2, 0.25) is 0 Å². The van der Waals surface area contributed by atoms with Gasteiger partial charge < -0.3 is 15.5 Å². The third-order valence-corrected chi connectivity index (χ3v) is 5.71. The summed E-state index contributed by atoms with van der Waals surface area (Å²) in [6.07, 6.45) is 3.55. The lowest BCUT2D eigenvalue weighted by atomic mass is 10.3. The second-order valence-electron chi connectivity index (χ2n) is 6.90. The highest BCUT2D eigenvalue weighted by atomic mass is 32.1. The van der Waals surface area contributed by atoms with Crippen molar-refractivity contribution in [3.63, 3.8) is 0 Å². The molecule has 0 bridgehead atoms. The lowest BCUT2D eigenvalue weighted by molar-refractivity contribution is 0.312. The molecule has 8 nitrogen and oxygen atoms in total. The zero-order chi connectivity index (χ0) is 19.1. The first kappa shape index (κ1) is 17.1. The van der Waals surface area contributed by atoms with E-state index < -0.39 is 0 Å². The Balaban J connectivity index is 1.48. The van der Waals surface area contributed by atoms with E-state index in [9.17, 15) is 0 Å². The Morgan fingerprint density at radius 1 is 1.04 bits per heavy atom. The highest BCUT2D eigenvalue weighted by Gasteiger charge is 2.17. The molecule has 0 radical (unpaired) electrons. The van der Waals surface area contributed by atoms with E-state index in [1.807, 2.05) is 35.2 Å². The molecule has 0 amide bonds. The van der Waals surface area contributed by atoms with Crippen LogP contribution in [0.25, 0.3) is 28.1 Å². The molecule has 0 unspecified atom stereocenters. The predicted octanol–water partition coefficient (Wildman–Crippen LogP) is 2.27. The molecule has 4 aromatic heterocycles. The van der Waals surface area contributed by atoms with Gasteiger partial charge in [-0.15, -0.1) is 0 Å². The summed E-state index contributed by atoms with van der Waals surface area (Å²) in [7, 11) is 2.15. The number of thiophene rings is 1. The Labute approximate surface area is 166 Å². The van der Waals surface area contributed by atoms with Gasteiger partial charge in [0.2, 0.25) is 0 Å². The maximum absolute atomic E-state index is 6.26. The van der Waals surface area contributed by atoms with E-state index in [1.165, 1.54) is 0 Å². The zero-order valence-electron chi connectivity index (χ0n) is 15.5. The number of nitrogen functional groups attached to an aromatic ring is 1. The molecule has 5 rings (SSSR count). The number of aromatic nitrogens is 5. The first-order valence-corrected chi connectivity index (χ1v) is 10.1. The van der Waals surface area contributed by atoms with Gasteiger partial charge in [-0.2, -0.15) is 16.4 Å². The van der Waals surface area contributed by atoms with Crippen molar-refractivity contribution in [2.75, 3.05) is 43.9 Å². The van der Waals surface area contributed by atoms with E-state index in [0.29, 0.717) is 17.2 Å². The molecule has 0 aromatic carbocycles. The molecular weight excluding hydrogens is 372 g/mol. The molecule has 142 valence electrons. The van der Waals surface area contributed by atoms with Gasteiger partial charge in [-0.1, -0.05) is 0 Å². The maximum atomic E-state index is 6.26. The van der Waals surface area contributed by atoms with E-state index in [2.05, 4.69) is 36.9 Å². The Kier molecular flexibility index (Phi) is 4.18. The molecule has 1 fully saturated rings. The van der Waals surface area contributed by atoms with E-state index in [4.69, 9.17) is 5.73 Å². The van der Waals surface area contributed by atoms with Gasteiger partial charge >= 0.3 is 0 Å². The topological polar surface area (TPSA) is 89.0 Å². The second-order valence-corrected chi connectivity index (χ2v) is 7.68.